The third kappa shape index (κ3) is 6.77. The summed E-state index contributed by atoms with van der Waals surface area (Å²) in [6.45, 7) is 10.5. The van der Waals surface area contributed by atoms with Crippen LogP contribution in [-0.4, -0.2) is 38.9 Å². The van der Waals surface area contributed by atoms with Gasteiger partial charge in [0.15, 0.2) is 0 Å². The number of anilines is 6. The number of amides is 3. The zero-order valence-electron chi connectivity index (χ0n) is 27.4. The number of hydrogen-bond donors (Lipinski definition) is 6. The summed E-state index contributed by atoms with van der Waals surface area (Å²) in [6, 6.07) is 18.4. The lowest BCUT2D eigenvalue weighted by Gasteiger charge is -2.21. The van der Waals surface area contributed by atoms with Crippen molar-refractivity contribution in [3.05, 3.63) is 71.3 Å². The first-order chi connectivity index (χ1) is 21.4. The van der Waals surface area contributed by atoms with Gasteiger partial charge in [-0.25, -0.2) is 0 Å². The summed E-state index contributed by atoms with van der Waals surface area (Å²) in [5.41, 5.74) is 13.1. The van der Waals surface area contributed by atoms with E-state index < -0.39 is 0 Å². The summed E-state index contributed by atoms with van der Waals surface area (Å²) < 4.78 is 0. The molecule has 0 aliphatic carbocycles. The maximum absolute atomic E-state index is 12.1. The molecule has 0 aromatic heterocycles. The van der Waals surface area contributed by atoms with E-state index in [1.165, 1.54) is 20.8 Å². The second-order valence-electron chi connectivity index (χ2n) is 11.1. The van der Waals surface area contributed by atoms with Crippen LogP contribution in [0.1, 0.15) is 37.5 Å². The third-order valence-electron chi connectivity index (χ3n) is 7.97. The maximum atomic E-state index is 12.1. The first-order valence-corrected chi connectivity index (χ1v) is 14.8. The van der Waals surface area contributed by atoms with Crippen molar-refractivity contribution in [2.24, 2.45) is 0 Å². The molecule has 0 aliphatic heterocycles. The third-order valence-corrected chi connectivity index (χ3v) is 7.97. The highest BCUT2D eigenvalue weighted by Crippen LogP contribution is 2.43. The van der Waals surface area contributed by atoms with Gasteiger partial charge in [0.1, 0.15) is 0 Å². The van der Waals surface area contributed by atoms with Crippen molar-refractivity contribution in [2.45, 2.75) is 41.5 Å². The predicted octanol–water partition coefficient (Wildman–Crippen LogP) is 7.61. The van der Waals surface area contributed by atoms with Gasteiger partial charge in [0.05, 0.1) is 34.1 Å². The Hall–Kier alpha value is -5.31. The van der Waals surface area contributed by atoms with Crippen molar-refractivity contribution >= 4 is 51.8 Å². The first-order valence-electron chi connectivity index (χ1n) is 14.8. The summed E-state index contributed by atoms with van der Waals surface area (Å²) in [4.78, 5) is 36.4. The lowest BCUT2D eigenvalue weighted by atomic mass is 9.88. The molecule has 0 unspecified atom stereocenters. The Morgan fingerprint density at radius 3 is 0.889 bits per heavy atom. The molecule has 0 fully saturated rings. The Bertz CT molecular complexity index is 1590. The quantitative estimate of drug-likeness (QED) is 0.117. The second-order valence-corrected chi connectivity index (χ2v) is 11.1. The lowest BCUT2D eigenvalue weighted by molar-refractivity contribution is -0.115. The fourth-order valence-corrected chi connectivity index (χ4v) is 5.80. The Labute approximate surface area is 265 Å². The Kier molecular flexibility index (Phi) is 9.82. The highest BCUT2D eigenvalue weighted by Gasteiger charge is 2.19. The highest BCUT2D eigenvalue weighted by molar-refractivity contribution is 6.00. The lowest BCUT2D eigenvalue weighted by Crippen LogP contribution is -2.10. The van der Waals surface area contributed by atoms with E-state index in [9.17, 15) is 14.4 Å². The van der Waals surface area contributed by atoms with Crippen LogP contribution in [0.2, 0.25) is 0 Å². The van der Waals surface area contributed by atoms with E-state index in [1.807, 2.05) is 60.1 Å². The van der Waals surface area contributed by atoms with Gasteiger partial charge in [-0.1, -0.05) is 18.2 Å². The molecule has 0 atom stereocenters. The molecule has 0 spiro atoms. The van der Waals surface area contributed by atoms with Crippen LogP contribution in [0.25, 0.3) is 33.4 Å². The molecular formula is C36H42N6O3. The number of nitrogens with one attached hydrogen (secondary N) is 6. The molecule has 3 amide bonds. The minimum atomic E-state index is -0.155. The average molecular weight is 607 g/mol. The molecule has 0 saturated heterocycles. The first kappa shape index (κ1) is 32.6. The zero-order chi connectivity index (χ0) is 33.0. The predicted molar refractivity (Wildman–Crippen MR) is 189 cm³/mol. The molecule has 45 heavy (non-hydrogen) atoms. The van der Waals surface area contributed by atoms with Crippen LogP contribution in [0.3, 0.4) is 0 Å². The van der Waals surface area contributed by atoms with Crippen LogP contribution in [0.4, 0.5) is 34.1 Å². The maximum Gasteiger partial charge on any atom is 0.221 e. The Balaban J connectivity index is 2.07. The molecule has 6 N–H and O–H groups in total. The van der Waals surface area contributed by atoms with E-state index in [-0.39, 0.29) is 17.7 Å². The van der Waals surface area contributed by atoms with Crippen molar-refractivity contribution < 1.29 is 14.4 Å². The van der Waals surface area contributed by atoms with Gasteiger partial charge in [0.2, 0.25) is 17.7 Å². The zero-order valence-corrected chi connectivity index (χ0v) is 27.4. The van der Waals surface area contributed by atoms with E-state index in [0.717, 1.165) is 84.2 Å². The summed E-state index contributed by atoms with van der Waals surface area (Å²) in [7, 11) is 5.48. The van der Waals surface area contributed by atoms with Crippen molar-refractivity contribution in [1.82, 2.24) is 0 Å². The summed E-state index contributed by atoms with van der Waals surface area (Å²) >= 11 is 0. The van der Waals surface area contributed by atoms with Gasteiger partial charge in [0.25, 0.3) is 0 Å². The van der Waals surface area contributed by atoms with Gasteiger partial charge in [-0.3, -0.25) is 14.4 Å². The number of benzene rings is 4. The van der Waals surface area contributed by atoms with E-state index in [4.69, 9.17) is 0 Å². The number of hydrogen-bond acceptors (Lipinski definition) is 6. The number of carbonyl (C=O) groups is 3. The number of rotatable bonds is 9. The van der Waals surface area contributed by atoms with E-state index in [0.29, 0.717) is 0 Å². The summed E-state index contributed by atoms with van der Waals surface area (Å²) in [5.74, 6) is -0.465. The molecule has 9 heteroatoms. The average Bonchev–Trinajstić information content (AvgIpc) is 2.99. The van der Waals surface area contributed by atoms with Gasteiger partial charge in [-0.15, -0.1) is 0 Å². The molecule has 0 radical (unpaired) electrons. The monoisotopic (exact) mass is 606 g/mol. The van der Waals surface area contributed by atoms with Gasteiger partial charge < -0.3 is 31.9 Å². The normalized spacial score (nSPS) is 10.6. The van der Waals surface area contributed by atoms with Gasteiger partial charge >= 0.3 is 0 Å². The van der Waals surface area contributed by atoms with Crippen molar-refractivity contribution in [1.29, 1.82) is 0 Å². The molecular weight excluding hydrogens is 564 g/mol. The van der Waals surface area contributed by atoms with Crippen molar-refractivity contribution in [3.63, 3.8) is 0 Å². The van der Waals surface area contributed by atoms with Gasteiger partial charge in [0, 0.05) is 41.9 Å². The van der Waals surface area contributed by atoms with Crippen LogP contribution in [0.15, 0.2) is 54.6 Å². The summed E-state index contributed by atoms with van der Waals surface area (Å²) in [5, 5.41) is 18.5. The summed E-state index contributed by atoms with van der Waals surface area (Å²) in [6.07, 6.45) is 0. The molecule has 4 rings (SSSR count). The minimum Gasteiger partial charge on any atom is -0.386 e. The smallest absolute Gasteiger partial charge is 0.221 e. The molecule has 0 saturated carbocycles. The van der Waals surface area contributed by atoms with Gasteiger partial charge in [-0.05, 0) is 107 Å². The Morgan fingerprint density at radius 2 is 0.689 bits per heavy atom. The van der Waals surface area contributed by atoms with Crippen LogP contribution in [-0.2, 0) is 14.4 Å². The SMILES string of the molecule is CNc1ccc(-c2cc(-c3ccc(NC)c(NC(C)=O)c3C)cc(-c3ccc(NC)c(NC(C)=O)c3C)c2)c(C)c1NC(C)=O. The second kappa shape index (κ2) is 13.5. The molecule has 0 heterocycles. The fourth-order valence-electron chi connectivity index (χ4n) is 5.80. The molecule has 4 aromatic carbocycles. The molecule has 234 valence electrons. The Morgan fingerprint density at radius 1 is 0.444 bits per heavy atom. The minimum absolute atomic E-state index is 0.155. The van der Waals surface area contributed by atoms with Crippen LogP contribution >= 0.6 is 0 Å². The fraction of sp³-hybridized carbons (Fsp3) is 0.250. The number of carbonyl (C=O) groups excluding carboxylic acids is 3. The molecule has 9 nitrogen and oxygen atoms in total. The van der Waals surface area contributed by atoms with E-state index >= 15 is 0 Å². The topological polar surface area (TPSA) is 123 Å². The van der Waals surface area contributed by atoms with Gasteiger partial charge in [-0.2, -0.15) is 0 Å². The standard InChI is InChI=1S/C36H42N6O3/c1-19-28(10-13-31(37-7)34(19)40-22(4)43)25-16-26(29-11-14-32(38-8)35(20(29)2)41-23(5)44)18-27(17-25)30-12-15-33(39-9)36(21(30)3)42-24(6)45/h10-18,37-39H,1-9H3,(H,40,43)(H,41,44)(H,42,45). The highest BCUT2D eigenvalue weighted by atomic mass is 16.2. The van der Waals surface area contributed by atoms with E-state index in [1.54, 1.807) is 0 Å². The molecule has 4 aromatic rings. The van der Waals surface area contributed by atoms with Crippen LogP contribution < -0.4 is 31.9 Å². The van der Waals surface area contributed by atoms with Crippen LogP contribution in [0, 0.1) is 20.8 Å². The van der Waals surface area contributed by atoms with Crippen molar-refractivity contribution in [3.8, 4) is 33.4 Å². The van der Waals surface area contributed by atoms with Crippen LogP contribution in [0.5, 0.6) is 0 Å². The largest absolute Gasteiger partial charge is 0.386 e. The molecule has 0 aliphatic rings. The molecule has 0 bridgehead atoms. The van der Waals surface area contributed by atoms with E-state index in [2.05, 4.69) is 68.3 Å². The van der Waals surface area contributed by atoms with Crippen molar-refractivity contribution in [2.75, 3.05) is 53.0 Å².